The van der Waals surface area contributed by atoms with Gasteiger partial charge in [-0.25, -0.2) is 0 Å². The van der Waals surface area contributed by atoms with Crippen LogP contribution in [0.2, 0.25) is 0 Å². The molecule has 2 heterocycles. The second kappa shape index (κ2) is 4.51. The van der Waals surface area contributed by atoms with Crippen LogP contribution in [0.5, 0.6) is 0 Å². The van der Waals surface area contributed by atoms with Crippen molar-refractivity contribution >= 4 is 10.9 Å². The molecule has 0 radical (unpaired) electrons. The van der Waals surface area contributed by atoms with Gasteiger partial charge in [0.05, 0.1) is 11.6 Å². The van der Waals surface area contributed by atoms with E-state index in [1.165, 1.54) is 29.3 Å². The van der Waals surface area contributed by atoms with Crippen molar-refractivity contribution in [2.45, 2.75) is 32.0 Å². The molecule has 2 N–H and O–H groups in total. The van der Waals surface area contributed by atoms with Crippen LogP contribution in [0.25, 0.3) is 10.9 Å². The highest BCUT2D eigenvalue weighted by atomic mass is 16.5. The third kappa shape index (κ3) is 1.96. The van der Waals surface area contributed by atoms with Gasteiger partial charge in [0.15, 0.2) is 0 Å². The average Bonchev–Trinajstić information content (AvgIpc) is 2.99. The van der Waals surface area contributed by atoms with Crippen molar-refractivity contribution in [1.29, 1.82) is 0 Å². The topological polar surface area (TPSA) is 40.2 Å². The Morgan fingerprint density at radius 1 is 1.35 bits per heavy atom. The summed E-state index contributed by atoms with van der Waals surface area (Å²) in [5.74, 6) is 0. The van der Waals surface area contributed by atoms with Gasteiger partial charge in [-0.2, -0.15) is 0 Å². The first-order valence-electron chi connectivity index (χ1n) is 6.27. The fourth-order valence-corrected chi connectivity index (χ4v) is 2.67. The van der Waals surface area contributed by atoms with Crippen molar-refractivity contribution in [1.82, 2.24) is 4.57 Å². The lowest BCUT2D eigenvalue weighted by Gasteiger charge is -2.13. The summed E-state index contributed by atoms with van der Waals surface area (Å²) in [4.78, 5) is 0. The Kier molecular flexibility index (Phi) is 2.87. The van der Waals surface area contributed by atoms with E-state index in [9.17, 15) is 0 Å². The number of rotatable bonds is 3. The van der Waals surface area contributed by atoms with E-state index in [-0.39, 0.29) is 0 Å². The summed E-state index contributed by atoms with van der Waals surface area (Å²) < 4.78 is 7.98. The molecule has 17 heavy (non-hydrogen) atoms. The Labute approximate surface area is 101 Å². The van der Waals surface area contributed by atoms with Gasteiger partial charge in [0.2, 0.25) is 0 Å². The maximum absolute atomic E-state index is 5.81. The third-order valence-electron chi connectivity index (χ3n) is 3.52. The van der Waals surface area contributed by atoms with E-state index in [0.717, 1.165) is 13.2 Å². The average molecular weight is 230 g/mol. The van der Waals surface area contributed by atoms with E-state index in [0.29, 0.717) is 12.6 Å². The van der Waals surface area contributed by atoms with Gasteiger partial charge in [-0.15, -0.1) is 0 Å². The minimum atomic E-state index is 0.372. The molecule has 1 saturated heterocycles. The number of ether oxygens (including phenoxy) is 1. The summed E-state index contributed by atoms with van der Waals surface area (Å²) in [5, 5.41) is 1.27. The van der Waals surface area contributed by atoms with Crippen molar-refractivity contribution in [3.05, 3.63) is 36.0 Å². The number of hydrogen-bond acceptors (Lipinski definition) is 2. The summed E-state index contributed by atoms with van der Waals surface area (Å²) in [5.41, 5.74) is 8.29. The number of benzene rings is 1. The second-order valence-corrected chi connectivity index (χ2v) is 4.66. The summed E-state index contributed by atoms with van der Waals surface area (Å²) in [6.45, 7) is 2.45. The van der Waals surface area contributed by atoms with Crippen LogP contribution < -0.4 is 5.73 Å². The van der Waals surface area contributed by atoms with Gasteiger partial charge in [-0.05, 0) is 29.9 Å². The molecule has 1 aliphatic heterocycles. The van der Waals surface area contributed by atoms with E-state index in [2.05, 4.69) is 35.0 Å². The first kappa shape index (κ1) is 10.8. The molecule has 1 aromatic heterocycles. The lowest BCUT2D eigenvalue weighted by molar-refractivity contribution is 0.0980. The largest absolute Gasteiger partial charge is 0.376 e. The van der Waals surface area contributed by atoms with Gasteiger partial charge in [-0.1, -0.05) is 18.2 Å². The zero-order valence-corrected chi connectivity index (χ0v) is 9.93. The van der Waals surface area contributed by atoms with Crippen LogP contribution in [0, 0.1) is 0 Å². The molecule has 2 aromatic rings. The molecule has 1 aromatic carbocycles. The summed E-state index contributed by atoms with van der Waals surface area (Å²) in [6.07, 6.45) is 4.88. The molecule has 1 fully saturated rings. The first-order valence-corrected chi connectivity index (χ1v) is 6.27. The summed E-state index contributed by atoms with van der Waals surface area (Å²) in [7, 11) is 0. The van der Waals surface area contributed by atoms with Crippen LogP contribution in [0.3, 0.4) is 0 Å². The summed E-state index contributed by atoms with van der Waals surface area (Å²) in [6, 6.07) is 8.47. The molecule has 0 aliphatic carbocycles. The van der Waals surface area contributed by atoms with Gasteiger partial charge < -0.3 is 15.0 Å². The number of fused-ring (bicyclic) bond motifs is 1. The minimum absolute atomic E-state index is 0.372. The highest BCUT2D eigenvalue weighted by molar-refractivity contribution is 5.83. The molecule has 1 unspecified atom stereocenters. The molecule has 3 nitrogen and oxygen atoms in total. The number of hydrogen-bond donors (Lipinski definition) is 1. The zero-order valence-electron chi connectivity index (χ0n) is 9.93. The van der Waals surface area contributed by atoms with Crippen molar-refractivity contribution in [2.75, 3.05) is 6.61 Å². The van der Waals surface area contributed by atoms with Crippen LogP contribution in [0.15, 0.2) is 30.5 Å². The molecule has 3 rings (SSSR count). The second-order valence-electron chi connectivity index (χ2n) is 4.66. The Morgan fingerprint density at radius 3 is 3.06 bits per heavy atom. The molecular formula is C14H18N2O. The van der Waals surface area contributed by atoms with Crippen molar-refractivity contribution in [2.24, 2.45) is 5.73 Å². The number of nitrogens with zero attached hydrogens (tertiary/aromatic N) is 1. The van der Waals surface area contributed by atoms with Crippen LogP contribution in [0.1, 0.15) is 18.4 Å². The van der Waals surface area contributed by atoms with E-state index < -0.39 is 0 Å². The molecule has 0 bridgehead atoms. The molecule has 90 valence electrons. The molecule has 0 saturated carbocycles. The molecule has 0 spiro atoms. The first-order chi connectivity index (χ1) is 8.38. The lowest BCUT2D eigenvalue weighted by atomic mass is 10.1. The van der Waals surface area contributed by atoms with Gasteiger partial charge in [0.25, 0.3) is 0 Å². The smallest absolute Gasteiger partial charge is 0.0754 e. The van der Waals surface area contributed by atoms with Gasteiger partial charge in [0, 0.05) is 25.9 Å². The minimum Gasteiger partial charge on any atom is -0.376 e. The van der Waals surface area contributed by atoms with Gasteiger partial charge in [-0.3, -0.25) is 0 Å². The summed E-state index contributed by atoms with van der Waals surface area (Å²) >= 11 is 0. The van der Waals surface area contributed by atoms with Crippen molar-refractivity contribution in [3.63, 3.8) is 0 Å². The monoisotopic (exact) mass is 230 g/mol. The molecular weight excluding hydrogens is 212 g/mol. The third-order valence-corrected chi connectivity index (χ3v) is 3.52. The van der Waals surface area contributed by atoms with Crippen LogP contribution >= 0.6 is 0 Å². The van der Waals surface area contributed by atoms with E-state index in [1.807, 2.05) is 0 Å². The van der Waals surface area contributed by atoms with Crippen LogP contribution in [0.4, 0.5) is 0 Å². The van der Waals surface area contributed by atoms with E-state index in [4.69, 9.17) is 10.5 Å². The maximum Gasteiger partial charge on any atom is 0.0754 e. The number of aromatic nitrogens is 1. The number of nitrogens with two attached hydrogens (primary N) is 1. The lowest BCUT2D eigenvalue weighted by Crippen LogP contribution is -2.15. The Morgan fingerprint density at radius 2 is 2.29 bits per heavy atom. The molecule has 1 atom stereocenters. The highest BCUT2D eigenvalue weighted by Crippen LogP contribution is 2.22. The Balaban J connectivity index is 1.98. The SMILES string of the molecule is NCc1cccc2ccn(CC3CCCO3)c12. The molecule has 1 aliphatic rings. The normalized spacial score (nSPS) is 20.2. The fourth-order valence-electron chi connectivity index (χ4n) is 2.67. The van der Waals surface area contributed by atoms with Gasteiger partial charge in [0.1, 0.15) is 0 Å². The maximum atomic E-state index is 5.81. The van der Waals surface area contributed by atoms with E-state index in [1.54, 1.807) is 0 Å². The number of para-hydroxylation sites is 1. The Bertz CT molecular complexity index is 512. The predicted molar refractivity (Wildman–Crippen MR) is 68.8 cm³/mol. The highest BCUT2D eigenvalue weighted by Gasteiger charge is 2.17. The molecule has 0 amide bonds. The van der Waals surface area contributed by atoms with Crippen molar-refractivity contribution < 1.29 is 4.74 Å². The van der Waals surface area contributed by atoms with Crippen molar-refractivity contribution in [3.8, 4) is 0 Å². The fraction of sp³-hybridized carbons (Fsp3) is 0.429. The molecule has 3 heteroatoms. The van der Waals surface area contributed by atoms with Crippen LogP contribution in [-0.2, 0) is 17.8 Å². The Hall–Kier alpha value is -1.32. The predicted octanol–water partition coefficient (Wildman–Crippen LogP) is 2.28. The standard InChI is InChI=1S/C14H18N2O/c15-9-12-4-1-3-11-6-7-16(14(11)12)10-13-5-2-8-17-13/h1,3-4,6-7,13H,2,5,8-10,15H2. The quantitative estimate of drug-likeness (QED) is 0.878. The van der Waals surface area contributed by atoms with Gasteiger partial charge >= 0.3 is 0 Å². The van der Waals surface area contributed by atoms with E-state index >= 15 is 0 Å². The van der Waals surface area contributed by atoms with Crippen LogP contribution in [-0.4, -0.2) is 17.3 Å². The zero-order chi connectivity index (χ0) is 11.7.